The molecular formula is C8H18N2OS. The fourth-order valence-electron chi connectivity index (χ4n) is 1.51. The van der Waals surface area contributed by atoms with Crippen molar-refractivity contribution in [2.24, 2.45) is 0 Å². The molecule has 2 atom stereocenters. The van der Waals surface area contributed by atoms with Crippen molar-refractivity contribution in [3.63, 3.8) is 0 Å². The van der Waals surface area contributed by atoms with Crippen molar-refractivity contribution in [2.75, 3.05) is 26.4 Å². The van der Waals surface area contributed by atoms with E-state index in [0.29, 0.717) is 6.04 Å². The van der Waals surface area contributed by atoms with Crippen LogP contribution in [-0.4, -0.2) is 47.4 Å². The molecule has 0 aromatic carbocycles. The van der Waals surface area contributed by atoms with Gasteiger partial charge in [-0.2, -0.15) is 0 Å². The van der Waals surface area contributed by atoms with E-state index in [1.165, 1.54) is 12.8 Å². The molecule has 12 heavy (non-hydrogen) atoms. The molecule has 1 N–H and O–H groups in total. The minimum absolute atomic E-state index is 0.549. The molecule has 0 bridgehead atoms. The van der Waals surface area contributed by atoms with Gasteiger partial charge in [-0.1, -0.05) is 0 Å². The van der Waals surface area contributed by atoms with Gasteiger partial charge < -0.3 is 4.90 Å². The fraction of sp³-hybridized carbons (Fsp3) is 0.875. The van der Waals surface area contributed by atoms with E-state index in [2.05, 4.69) is 22.5 Å². The molecule has 0 aromatic heterocycles. The van der Waals surface area contributed by atoms with Gasteiger partial charge in [-0.15, -0.1) is 0 Å². The Labute approximate surface area is 75.3 Å². The number of rotatable bonds is 3. The molecule has 1 unspecified atom stereocenters. The van der Waals surface area contributed by atoms with Crippen molar-refractivity contribution < 1.29 is 4.21 Å². The molecule has 1 saturated heterocycles. The minimum Gasteiger partial charge on any atom is -0.302 e. The topological polar surface area (TPSA) is 32.3 Å². The Morgan fingerprint density at radius 2 is 2.42 bits per heavy atom. The summed E-state index contributed by atoms with van der Waals surface area (Å²) >= 11 is 0. The van der Waals surface area contributed by atoms with Crippen LogP contribution in [0.2, 0.25) is 0 Å². The van der Waals surface area contributed by atoms with Crippen LogP contribution in [0.5, 0.6) is 0 Å². The summed E-state index contributed by atoms with van der Waals surface area (Å²) in [7, 11) is 0.0993. The van der Waals surface area contributed by atoms with Crippen LogP contribution in [0.25, 0.3) is 0 Å². The van der Waals surface area contributed by atoms with E-state index in [4.69, 9.17) is 0 Å². The molecule has 3 nitrogen and oxygen atoms in total. The Morgan fingerprint density at radius 1 is 1.75 bits per heavy atom. The first-order valence-electron chi connectivity index (χ1n) is 4.26. The molecule has 4 heteroatoms. The highest BCUT2D eigenvalue weighted by atomic mass is 32.2. The maximum Gasteiger partial charge on any atom is 0.0232 e. The summed E-state index contributed by atoms with van der Waals surface area (Å²) in [5.41, 5.74) is 0. The number of nitrogens with zero attached hydrogens (tertiary/aromatic N) is 1. The molecule has 72 valence electrons. The molecular weight excluding hydrogens is 172 g/mol. The molecule has 0 spiro atoms. The third kappa shape index (κ3) is 3.13. The van der Waals surface area contributed by atoms with Gasteiger partial charge in [0.25, 0.3) is 0 Å². The van der Waals surface area contributed by atoms with Gasteiger partial charge in [0.15, 0.2) is 0 Å². The molecule has 1 heterocycles. The Balaban J connectivity index is 2.32. The molecule has 1 fully saturated rings. The van der Waals surface area contributed by atoms with Gasteiger partial charge in [0.05, 0.1) is 0 Å². The van der Waals surface area contributed by atoms with Crippen LogP contribution in [-0.2, 0) is 9.71 Å². The van der Waals surface area contributed by atoms with Gasteiger partial charge in [-0.3, -0.25) is 4.21 Å². The highest BCUT2D eigenvalue weighted by molar-refractivity contribution is 7.97. The first-order chi connectivity index (χ1) is 5.49. The maximum atomic E-state index is 11.2. The average Bonchev–Trinajstić information content (AvgIpc) is 2.29. The maximum absolute atomic E-state index is 11.2. The van der Waals surface area contributed by atoms with Crippen LogP contribution in [0.1, 0.15) is 12.8 Å². The monoisotopic (exact) mass is 190 g/mol. The van der Waals surface area contributed by atoms with Crippen molar-refractivity contribution >= 4 is 15.6 Å². The second-order valence-corrected chi connectivity index (χ2v) is 5.93. The van der Waals surface area contributed by atoms with Crippen molar-refractivity contribution in [1.82, 2.24) is 9.62 Å². The summed E-state index contributed by atoms with van der Waals surface area (Å²) in [4.78, 5) is 2.30. The normalized spacial score (nSPS) is 30.3. The van der Waals surface area contributed by atoms with Gasteiger partial charge >= 0.3 is 0 Å². The standard InChI is InChI=1S/C8H18N2OS/c1-10-6-4-5-8(10)7-9-12(2,3)11/h8H,2,4-7H2,1,3H3,(H,9,11)/t8-,12?/m0/s1. The van der Waals surface area contributed by atoms with Crippen LogP contribution >= 0.6 is 0 Å². The number of likely N-dealkylation sites (N-methyl/N-ethyl adjacent to an activating group) is 1. The summed E-state index contributed by atoms with van der Waals surface area (Å²) in [6.07, 6.45) is 4.10. The van der Waals surface area contributed by atoms with Crippen LogP contribution in [0.4, 0.5) is 0 Å². The molecule has 0 aliphatic carbocycles. The molecule has 0 aromatic rings. The van der Waals surface area contributed by atoms with Gasteiger partial charge in [-0.05, 0) is 32.3 Å². The molecule has 1 aliphatic rings. The molecule has 0 radical (unpaired) electrons. The van der Waals surface area contributed by atoms with E-state index >= 15 is 0 Å². The lowest BCUT2D eigenvalue weighted by Gasteiger charge is -2.19. The van der Waals surface area contributed by atoms with E-state index in [0.717, 1.165) is 13.1 Å². The lowest BCUT2D eigenvalue weighted by molar-refractivity contribution is 0.312. The minimum atomic E-state index is -2.01. The van der Waals surface area contributed by atoms with Gasteiger partial charge in [0.1, 0.15) is 0 Å². The van der Waals surface area contributed by atoms with Gasteiger partial charge in [-0.25, -0.2) is 4.72 Å². The summed E-state index contributed by atoms with van der Waals surface area (Å²) < 4.78 is 14.2. The lowest BCUT2D eigenvalue weighted by Crippen LogP contribution is -2.37. The highest BCUT2D eigenvalue weighted by Gasteiger charge is 2.20. The summed E-state index contributed by atoms with van der Waals surface area (Å²) in [6, 6.07) is 0.549. The van der Waals surface area contributed by atoms with Crippen molar-refractivity contribution in [1.29, 1.82) is 0 Å². The highest BCUT2D eigenvalue weighted by Crippen LogP contribution is 2.13. The predicted molar refractivity (Wildman–Crippen MR) is 54.8 cm³/mol. The van der Waals surface area contributed by atoms with Crippen LogP contribution in [0.15, 0.2) is 0 Å². The fourth-order valence-corrected chi connectivity index (χ4v) is 2.05. The third-order valence-electron chi connectivity index (χ3n) is 2.30. The average molecular weight is 190 g/mol. The summed E-state index contributed by atoms with van der Waals surface area (Å²) in [5, 5.41) is 0. The predicted octanol–water partition coefficient (Wildman–Crippen LogP) is -0.0686. The molecule has 1 rings (SSSR count). The van der Waals surface area contributed by atoms with E-state index in [1.807, 2.05) is 0 Å². The third-order valence-corrected chi connectivity index (χ3v) is 3.07. The molecule has 0 amide bonds. The quantitative estimate of drug-likeness (QED) is 0.632. The van der Waals surface area contributed by atoms with Crippen LogP contribution in [0, 0.1) is 0 Å². The zero-order valence-corrected chi connectivity index (χ0v) is 8.69. The second-order valence-electron chi connectivity index (χ2n) is 3.63. The van der Waals surface area contributed by atoms with Crippen LogP contribution in [0.3, 0.4) is 0 Å². The first-order valence-corrected chi connectivity index (χ1v) is 6.39. The summed E-state index contributed by atoms with van der Waals surface area (Å²) in [6.45, 7) is 1.96. The number of hydrogen-bond donors (Lipinski definition) is 1. The van der Waals surface area contributed by atoms with Crippen molar-refractivity contribution in [2.45, 2.75) is 18.9 Å². The van der Waals surface area contributed by atoms with E-state index in [1.54, 1.807) is 6.26 Å². The van der Waals surface area contributed by atoms with Gasteiger partial charge in [0, 0.05) is 28.6 Å². The number of nitrogens with one attached hydrogen (secondary N) is 1. The lowest BCUT2D eigenvalue weighted by atomic mass is 10.2. The molecule has 1 aliphatic heterocycles. The number of likely N-dealkylation sites (tertiary alicyclic amines) is 1. The summed E-state index contributed by atoms with van der Waals surface area (Å²) in [5.74, 6) is 3.55. The van der Waals surface area contributed by atoms with Crippen LogP contribution < -0.4 is 4.72 Å². The SMILES string of the molecule is C=S(C)(=O)NC[C@@H]1CCCN1C. The smallest absolute Gasteiger partial charge is 0.0232 e. The first kappa shape index (κ1) is 10.0. The Kier molecular flexibility index (Phi) is 3.15. The van der Waals surface area contributed by atoms with Crippen molar-refractivity contribution in [3.05, 3.63) is 0 Å². The zero-order chi connectivity index (χ0) is 9.19. The van der Waals surface area contributed by atoms with E-state index in [-0.39, 0.29) is 0 Å². The Bertz CT molecular complexity index is 235. The largest absolute Gasteiger partial charge is 0.302 e. The second kappa shape index (κ2) is 3.77. The Morgan fingerprint density at radius 3 is 2.83 bits per heavy atom. The van der Waals surface area contributed by atoms with E-state index in [9.17, 15) is 4.21 Å². The number of hydrogen-bond acceptors (Lipinski definition) is 2. The Hall–Kier alpha value is -0.0600. The van der Waals surface area contributed by atoms with Gasteiger partial charge in [0.2, 0.25) is 0 Å². The zero-order valence-electron chi connectivity index (χ0n) is 7.88. The van der Waals surface area contributed by atoms with E-state index < -0.39 is 9.71 Å². The van der Waals surface area contributed by atoms with Crippen molar-refractivity contribution in [3.8, 4) is 0 Å². The molecule has 0 saturated carbocycles.